The maximum atomic E-state index is 12.8. The van der Waals surface area contributed by atoms with Gasteiger partial charge in [-0.1, -0.05) is 32.0 Å². The van der Waals surface area contributed by atoms with E-state index in [0.717, 1.165) is 35.6 Å². The van der Waals surface area contributed by atoms with Crippen molar-refractivity contribution in [2.45, 2.75) is 47.0 Å². The summed E-state index contributed by atoms with van der Waals surface area (Å²) in [5, 5.41) is 3.18. The lowest BCUT2D eigenvalue weighted by Crippen LogP contribution is -2.54. The number of nitrogens with zero attached hydrogens (tertiary/aromatic N) is 2. The molecule has 5 rings (SSSR count). The van der Waals surface area contributed by atoms with Gasteiger partial charge in [0.2, 0.25) is 0 Å². The second-order valence-electron chi connectivity index (χ2n) is 8.67. The van der Waals surface area contributed by atoms with Crippen LogP contribution in [0.2, 0.25) is 0 Å². The molecule has 3 fully saturated rings. The van der Waals surface area contributed by atoms with Gasteiger partial charge in [0.1, 0.15) is 11.5 Å². The number of para-hydroxylation sites is 1. The summed E-state index contributed by atoms with van der Waals surface area (Å²) < 4.78 is 2.05. The molecule has 138 valence electrons. The number of imidazole rings is 1. The van der Waals surface area contributed by atoms with E-state index >= 15 is 0 Å². The Kier molecular flexibility index (Phi) is 4.17. The van der Waals surface area contributed by atoms with Gasteiger partial charge >= 0.3 is 0 Å². The highest BCUT2D eigenvalue weighted by Crippen LogP contribution is 2.61. The van der Waals surface area contributed by atoms with Crippen molar-refractivity contribution in [3.8, 4) is 5.69 Å². The van der Waals surface area contributed by atoms with Crippen LogP contribution in [-0.2, 0) is 0 Å². The molecule has 1 aromatic carbocycles. The Balaban J connectivity index is 1.48. The van der Waals surface area contributed by atoms with Crippen LogP contribution in [-0.4, -0.2) is 22.0 Å². The fraction of sp³-hybridized carbons (Fsp3) is 0.545. The summed E-state index contributed by atoms with van der Waals surface area (Å²) >= 11 is 0. The molecule has 3 atom stereocenters. The molecule has 1 N–H and O–H groups in total. The van der Waals surface area contributed by atoms with E-state index < -0.39 is 0 Å². The quantitative estimate of drug-likeness (QED) is 0.893. The number of amides is 1. The first-order valence-corrected chi connectivity index (χ1v) is 9.79. The van der Waals surface area contributed by atoms with Crippen LogP contribution in [0, 0.1) is 37.0 Å². The molecule has 0 saturated heterocycles. The maximum absolute atomic E-state index is 12.8. The number of rotatable bonds is 4. The summed E-state index contributed by atoms with van der Waals surface area (Å²) in [6.07, 6.45) is 3.90. The Bertz CT molecular complexity index is 819. The highest BCUT2D eigenvalue weighted by molar-refractivity contribution is 5.93. The molecule has 3 unspecified atom stereocenters. The number of aromatic nitrogens is 2. The summed E-state index contributed by atoms with van der Waals surface area (Å²) in [7, 11) is 0. The molecular weight excluding hydrogens is 322 g/mol. The molecule has 2 aromatic rings. The summed E-state index contributed by atoms with van der Waals surface area (Å²) in [5.74, 6) is 3.06. The van der Waals surface area contributed by atoms with Gasteiger partial charge in [-0.05, 0) is 68.4 Å². The first-order valence-electron chi connectivity index (χ1n) is 9.79. The van der Waals surface area contributed by atoms with E-state index in [9.17, 15) is 4.79 Å². The lowest BCUT2D eigenvalue weighted by molar-refractivity contribution is -0.103. The zero-order valence-electron chi connectivity index (χ0n) is 16.2. The molecule has 1 heterocycles. The molecule has 1 aromatic heterocycles. The van der Waals surface area contributed by atoms with E-state index in [-0.39, 0.29) is 5.91 Å². The molecule has 3 saturated carbocycles. The lowest BCUT2D eigenvalue weighted by Gasteiger charge is -2.60. The molecule has 0 aliphatic heterocycles. The van der Waals surface area contributed by atoms with E-state index in [1.165, 1.54) is 19.3 Å². The van der Waals surface area contributed by atoms with E-state index in [0.29, 0.717) is 17.0 Å². The van der Waals surface area contributed by atoms with Crippen LogP contribution in [0.3, 0.4) is 0 Å². The van der Waals surface area contributed by atoms with Crippen LogP contribution in [0.5, 0.6) is 0 Å². The molecule has 26 heavy (non-hydrogen) atoms. The lowest BCUT2D eigenvalue weighted by atomic mass is 9.45. The maximum Gasteiger partial charge on any atom is 0.271 e. The SMILES string of the molecule is Cc1nc(C(=O)NCC2CCC3CC2C3(C)C)c(C)n1-c1ccccc1. The van der Waals surface area contributed by atoms with Gasteiger partial charge in [-0.15, -0.1) is 0 Å². The molecular formula is C22H29N3O. The monoisotopic (exact) mass is 351 g/mol. The van der Waals surface area contributed by atoms with Gasteiger partial charge in [-0.25, -0.2) is 4.98 Å². The topological polar surface area (TPSA) is 46.9 Å². The summed E-state index contributed by atoms with van der Waals surface area (Å²) in [5.41, 5.74) is 2.95. The third kappa shape index (κ3) is 2.67. The molecule has 2 bridgehead atoms. The van der Waals surface area contributed by atoms with Crippen LogP contribution in [0.15, 0.2) is 30.3 Å². The zero-order chi connectivity index (χ0) is 18.5. The Morgan fingerprint density at radius 2 is 1.96 bits per heavy atom. The Labute approximate surface area is 156 Å². The standard InChI is InChI=1S/C22H29N3O/c1-14-20(24-15(2)25(14)18-8-6-5-7-9-18)21(26)23-13-16-10-11-17-12-19(16)22(17,3)4/h5-9,16-17,19H,10-13H2,1-4H3,(H,23,26). The van der Waals surface area contributed by atoms with Crippen molar-refractivity contribution in [2.24, 2.45) is 23.2 Å². The van der Waals surface area contributed by atoms with Gasteiger partial charge in [-0.2, -0.15) is 0 Å². The van der Waals surface area contributed by atoms with Crippen molar-refractivity contribution in [2.75, 3.05) is 6.54 Å². The molecule has 3 aliphatic carbocycles. The number of carbonyl (C=O) groups excluding carboxylic acids is 1. The highest BCUT2D eigenvalue weighted by Gasteiger charge is 2.53. The van der Waals surface area contributed by atoms with Gasteiger partial charge < -0.3 is 9.88 Å². The summed E-state index contributed by atoms with van der Waals surface area (Å²) in [4.78, 5) is 17.4. The summed E-state index contributed by atoms with van der Waals surface area (Å²) in [6.45, 7) is 9.50. The number of aryl methyl sites for hydroxylation is 1. The molecule has 4 nitrogen and oxygen atoms in total. The third-order valence-corrected chi connectivity index (χ3v) is 7.03. The van der Waals surface area contributed by atoms with Gasteiger partial charge in [0.05, 0.1) is 5.69 Å². The molecule has 1 amide bonds. The Morgan fingerprint density at radius 3 is 2.62 bits per heavy atom. The average Bonchev–Trinajstić information content (AvgIpc) is 2.94. The predicted octanol–water partition coefficient (Wildman–Crippen LogP) is 4.29. The van der Waals surface area contributed by atoms with Crippen molar-refractivity contribution in [1.82, 2.24) is 14.9 Å². The van der Waals surface area contributed by atoms with E-state index in [2.05, 4.69) is 28.7 Å². The molecule has 3 aliphatic rings. The first kappa shape index (κ1) is 17.3. The number of hydrogen-bond donors (Lipinski definition) is 1. The van der Waals surface area contributed by atoms with Crippen molar-refractivity contribution in [3.05, 3.63) is 47.5 Å². The Hall–Kier alpha value is -2.10. The fourth-order valence-electron chi connectivity index (χ4n) is 5.33. The smallest absolute Gasteiger partial charge is 0.271 e. The van der Waals surface area contributed by atoms with Gasteiger partial charge in [0, 0.05) is 12.2 Å². The minimum Gasteiger partial charge on any atom is -0.350 e. The highest BCUT2D eigenvalue weighted by atomic mass is 16.1. The van der Waals surface area contributed by atoms with Crippen LogP contribution in [0.25, 0.3) is 5.69 Å². The largest absolute Gasteiger partial charge is 0.350 e. The van der Waals surface area contributed by atoms with Crippen LogP contribution in [0.4, 0.5) is 0 Å². The van der Waals surface area contributed by atoms with E-state index in [1.54, 1.807) is 0 Å². The molecule has 0 radical (unpaired) electrons. The van der Waals surface area contributed by atoms with Crippen LogP contribution < -0.4 is 5.32 Å². The molecule has 0 spiro atoms. The Morgan fingerprint density at radius 1 is 1.23 bits per heavy atom. The minimum absolute atomic E-state index is 0.0421. The van der Waals surface area contributed by atoms with E-state index in [1.807, 2.05) is 44.2 Å². The minimum atomic E-state index is -0.0421. The number of fused-ring (bicyclic) bond motifs is 2. The van der Waals surface area contributed by atoms with Crippen LogP contribution in [0.1, 0.15) is 55.1 Å². The van der Waals surface area contributed by atoms with Crippen molar-refractivity contribution in [1.29, 1.82) is 0 Å². The van der Waals surface area contributed by atoms with Gasteiger partial charge in [0.15, 0.2) is 0 Å². The van der Waals surface area contributed by atoms with Crippen LogP contribution >= 0.6 is 0 Å². The predicted molar refractivity (Wildman–Crippen MR) is 103 cm³/mol. The summed E-state index contributed by atoms with van der Waals surface area (Å²) in [6, 6.07) is 10.1. The normalized spacial score (nSPS) is 26.2. The second-order valence-corrected chi connectivity index (χ2v) is 8.67. The number of nitrogens with one attached hydrogen (secondary N) is 1. The van der Waals surface area contributed by atoms with Gasteiger partial charge in [-0.3, -0.25) is 4.79 Å². The van der Waals surface area contributed by atoms with Crippen molar-refractivity contribution in [3.63, 3.8) is 0 Å². The molecule has 4 heteroatoms. The van der Waals surface area contributed by atoms with E-state index in [4.69, 9.17) is 0 Å². The van der Waals surface area contributed by atoms with Crippen molar-refractivity contribution < 1.29 is 4.79 Å². The first-order chi connectivity index (χ1) is 12.4. The van der Waals surface area contributed by atoms with Gasteiger partial charge in [0.25, 0.3) is 5.91 Å². The zero-order valence-corrected chi connectivity index (χ0v) is 16.2. The number of hydrogen-bond acceptors (Lipinski definition) is 2. The number of carbonyl (C=O) groups is 1. The number of benzene rings is 1. The fourth-order valence-corrected chi connectivity index (χ4v) is 5.33. The average molecular weight is 351 g/mol. The third-order valence-electron chi connectivity index (χ3n) is 7.03. The van der Waals surface area contributed by atoms with Crippen molar-refractivity contribution >= 4 is 5.91 Å². The second kappa shape index (κ2) is 6.26.